The minimum Gasteiger partial charge on any atom is -0.384 e. The molecule has 0 saturated heterocycles. The molecule has 4 heterocycles. The van der Waals surface area contributed by atoms with E-state index in [0.717, 1.165) is 113 Å². The molecule has 0 saturated carbocycles. The van der Waals surface area contributed by atoms with Crippen molar-refractivity contribution in [1.29, 1.82) is 0 Å². The molecule has 0 radical (unpaired) electrons. The number of anilines is 4. The average Bonchev–Trinajstić information content (AvgIpc) is 1.69. The van der Waals surface area contributed by atoms with Crippen molar-refractivity contribution in [3.8, 4) is 22.7 Å². The molecule has 4 aromatic heterocycles. The number of ether oxygens (including phenoxy) is 1. The third-order valence-electron chi connectivity index (χ3n) is 21.3. The van der Waals surface area contributed by atoms with E-state index < -0.39 is 6.10 Å². The number of nitrogens with zero attached hydrogens (tertiary/aromatic N) is 8. The van der Waals surface area contributed by atoms with Crippen LogP contribution in [0.25, 0.3) is 22.7 Å². The summed E-state index contributed by atoms with van der Waals surface area (Å²) in [7, 11) is 0. The minimum atomic E-state index is -0.773. The summed E-state index contributed by atoms with van der Waals surface area (Å²) in [6, 6.07) is 109. The second-order valence-corrected chi connectivity index (χ2v) is 30.9. The van der Waals surface area contributed by atoms with Gasteiger partial charge >= 0.3 is 0 Å². The van der Waals surface area contributed by atoms with Crippen LogP contribution in [0.3, 0.4) is 0 Å². The molecule has 22 heteroatoms. The molecule has 0 aliphatic heterocycles. The van der Waals surface area contributed by atoms with Crippen LogP contribution in [-0.4, -0.2) is 74.5 Å². The quantitative estimate of drug-likeness (QED) is 0.0231. The number of hydrogen-bond donors (Lipinski definition) is 9. The van der Waals surface area contributed by atoms with Gasteiger partial charge in [0.05, 0.1) is 45.5 Å². The van der Waals surface area contributed by atoms with E-state index >= 15 is 0 Å². The molecule has 0 aliphatic carbocycles. The lowest BCUT2D eigenvalue weighted by Gasteiger charge is -2.19. The summed E-state index contributed by atoms with van der Waals surface area (Å²) < 4.78 is 12.8. The van der Waals surface area contributed by atoms with E-state index in [1.807, 2.05) is 282 Å². The fourth-order valence-corrected chi connectivity index (χ4v) is 14.8. The maximum Gasteiger partial charge on any atom is 0.274 e. The highest BCUT2D eigenvalue weighted by Gasteiger charge is 2.24. The number of carbonyl (C=O) groups is 4. The number of hydrogen-bond acceptors (Lipinski definition) is 14. The van der Waals surface area contributed by atoms with Crippen molar-refractivity contribution >= 4 is 46.4 Å². The zero-order valence-electron chi connectivity index (χ0n) is 72.3. The van der Waals surface area contributed by atoms with Gasteiger partial charge in [0, 0.05) is 67.4 Å². The number of rotatable bonds is 27. The van der Waals surface area contributed by atoms with E-state index in [-0.39, 0.29) is 41.6 Å². The van der Waals surface area contributed by atoms with Gasteiger partial charge in [-0.05, 0) is 222 Å². The van der Waals surface area contributed by atoms with Gasteiger partial charge in [0.15, 0.2) is 0 Å². The van der Waals surface area contributed by atoms with Crippen LogP contribution in [0, 0.1) is 27.7 Å². The zero-order valence-corrected chi connectivity index (χ0v) is 72.3. The highest BCUT2D eigenvalue weighted by Crippen LogP contribution is 2.33. The van der Waals surface area contributed by atoms with Gasteiger partial charge in [0.25, 0.3) is 23.6 Å². The first-order valence-corrected chi connectivity index (χ1v) is 42.3. The second kappa shape index (κ2) is 43.4. The number of aliphatic hydroxyl groups is 1. The van der Waals surface area contributed by atoms with E-state index in [9.17, 15) is 24.3 Å². The Bertz CT molecular complexity index is 5930. The Morgan fingerprint density at radius 3 is 0.858 bits per heavy atom. The number of aromatic nitrogens is 8. The fraction of sp³-hybridized carbons (Fsp3) is 0.162. The number of amides is 4. The first kappa shape index (κ1) is 89.9. The van der Waals surface area contributed by atoms with Crippen molar-refractivity contribution in [2.24, 2.45) is 22.9 Å². The largest absolute Gasteiger partial charge is 0.384 e. The van der Waals surface area contributed by atoms with Crippen LogP contribution in [-0.2, 0) is 30.9 Å². The Kier molecular flexibility index (Phi) is 30.7. The normalized spacial score (nSPS) is 11.8. The smallest absolute Gasteiger partial charge is 0.274 e. The van der Waals surface area contributed by atoms with E-state index in [1.165, 1.54) is 11.1 Å². The molecule has 16 rings (SSSR count). The summed E-state index contributed by atoms with van der Waals surface area (Å²) in [6.45, 7) is 16.2. The molecule has 4 atom stereocenters. The topological polar surface area (TPSA) is 321 Å². The van der Waals surface area contributed by atoms with Crippen LogP contribution in [0.1, 0.15) is 183 Å². The number of nitrogens with one attached hydrogen (secondary N) is 4. The number of aryl methyl sites for hydroxylation is 4. The SMILES string of the molecule is CCCOC(c1ccccc1)c1cccc(NC(=O)c2cc(C)nn2-c2cccc(CN)c2)c1.Cc1cc(C(=O)Nc2cccc(C(C)c3ccccc3)c2)n(-c2cccc(CN)c2)n1.Cc1cc(C(=O)Nc2cccc(C(C)c3ccccc3)c2)n(-c2cccc(CN)c2)n1.Cc1cc(C(=O)Nc2cccc(C(O)c3ccccc3)c2)n(-c2cccc(CN)c2)n1. The Balaban J connectivity index is 0.000000145. The Morgan fingerprint density at radius 2 is 0.559 bits per heavy atom. The fourth-order valence-electron chi connectivity index (χ4n) is 14.8. The monoisotopic (exact) mass is 1690 g/mol. The van der Waals surface area contributed by atoms with Gasteiger partial charge in [0.2, 0.25) is 0 Å². The second-order valence-electron chi connectivity index (χ2n) is 30.9. The van der Waals surface area contributed by atoms with Crippen molar-refractivity contribution in [2.75, 3.05) is 27.9 Å². The maximum absolute atomic E-state index is 13.3. The summed E-state index contributed by atoms with van der Waals surface area (Å²) in [4.78, 5) is 52.6. The molecular formula is C105H106N16O6. The first-order valence-electron chi connectivity index (χ1n) is 42.3. The summed E-state index contributed by atoms with van der Waals surface area (Å²) in [6.07, 6.45) is -0.0522. The molecule has 16 aromatic rings. The number of benzene rings is 12. The van der Waals surface area contributed by atoms with Crippen molar-refractivity contribution in [3.63, 3.8) is 0 Å². The Labute approximate surface area is 741 Å². The molecular weight excluding hydrogens is 1580 g/mol. The predicted octanol–water partition coefficient (Wildman–Crippen LogP) is 19.5. The van der Waals surface area contributed by atoms with E-state index in [1.54, 1.807) is 55.1 Å². The molecule has 0 bridgehead atoms. The van der Waals surface area contributed by atoms with Crippen molar-refractivity contribution in [2.45, 2.75) is 105 Å². The van der Waals surface area contributed by atoms with Crippen LogP contribution in [0.15, 0.2) is 340 Å². The van der Waals surface area contributed by atoms with Gasteiger partial charge in [-0.25, -0.2) is 18.7 Å². The predicted molar refractivity (Wildman–Crippen MR) is 505 cm³/mol. The van der Waals surface area contributed by atoms with E-state index in [0.29, 0.717) is 72.5 Å². The summed E-state index contributed by atoms with van der Waals surface area (Å²) in [5, 5.41) is 40.7. The molecule has 0 fully saturated rings. The first-order chi connectivity index (χ1) is 61.7. The third kappa shape index (κ3) is 23.5. The zero-order chi connectivity index (χ0) is 89.3. The summed E-state index contributed by atoms with van der Waals surface area (Å²) >= 11 is 0. The lowest BCUT2D eigenvalue weighted by atomic mass is 9.93. The molecule has 127 heavy (non-hydrogen) atoms. The van der Waals surface area contributed by atoms with Crippen LogP contribution in [0.2, 0.25) is 0 Å². The van der Waals surface area contributed by atoms with Crippen LogP contribution in [0.5, 0.6) is 0 Å². The van der Waals surface area contributed by atoms with Gasteiger partial charge in [0.1, 0.15) is 35.0 Å². The molecule has 642 valence electrons. The summed E-state index contributed by atoms with van der Waals surface area (Å²) in [5.74, 6) is -0.479. The van der Waals surface area contributed by atoms with Gasteiger partial charge in [-0.3, -0.25) is 19.2 Å². The van der Waals surface area contributed by atoms with Gasteiger partial charge in [-0.15, -0.1) is 0 Å². The molecule has 13 N–H and O–H groups in total. The van der Waals surface area contributed by atoms with Crippen molar-refractivity contribution < 1.29 is 29.0 Å². The number of nitrogens with two attached hydrogens (primary N) is 4. The van der Waals surface area contributed by atoms with Crippen molar-refractivity contribution in [1.82, 2.24) is 39.1 Å². The molecule has 4 amide bonds. The molecule has 12 aromatic carbocycles. The maximum atomic E-state index is 13.3. The van der Waals surface area contributed by atoms with Crippen LogP contribution >= 0.6 is 0 Å². The molecule has 4 unspecified atom stereocenters. The van der Waals surface area contributed by atoms with E-state index in [2.05, 4.69) is 111 Å². The van der Waals surface area contributed by atoms with Crippen LogP contribution in [0.4, 0.5) is 22.7 Å². The average molecular weight is 1690 g/mol. The Hall–Kier alpha value is -14.9. The molecule has 0 aliphatic rings. The van der Waals surface area contributed by atoms with Crippen molar-refractivity contribution in [3.05, 3.63) is 452 Å². The third-order valence-corrected chi connectivity index (χ3v) is 21.3. The molecule has 22 nitrogen and oxygen atoms in total. The minimum absolute atomic E-state index is 0.204. The Morgan fingerprint density at radius 1 is 0.307 bits per heavy atom. The standard InChI is InChI=1S/C28H30N4O2.2C26H26N4O.C25H24N4O2/c1-3-15-34-27(22-10-5-4-6-11-22)23-12-8-13-24(18-23)30-28(33)26-16-20(2)31-32(26)25-14-7-9-21(17-25)19-29;2*1-18-14-25(30(29-18)24-13-6-8-20(15-24)17-27)26(31)28-23-12-7-11-22(16-23)19(2)21-9-4-3-5-10-21;1-17-13-23(29(28-17)22-12-5-7-18(14-22)16-26)25(31)27-21-11-6-10-20(15-21)24(30)19-8-3-2-4-9-19/h4-14,16-18,27H,3,15,19,29H2,1-2H3,(H,30,33);2*3-16,19H,17,27H2,1-2H3,(H,28,31);2-15,24,30H,16,26H2,1H3,(H,27,31). The lowest BCUT2D eigenvalue weighted by Crippen LogP contribution is -2.17. The summed E-state index contributed by atoms with van der Waals surface area (Å²) in [5.41, 5.74) is 46.2. The number of carbonyl (C=O) groups excluding carboxylic acids is 4. The highest BCUT2D eigenvalue weighted by atomic mass is 16.5. The lowest BCUT2D eigenvalue weighted by molar-refractivity contribution is 0.0806. The van der Waals surface area contributed by atoms with Crippen LogP contribution < -0.4 is 44.2 Å². The van der Waals surface area contributed by atoms with Gasteiger partial charge < -0.3 is 54.0 Å². The highest BCUT2D eigenvalue weighted by molar-refractivity contribution is 6.06. The molecule has 0 spiro atoms. The van der Waals surface area contributed by atoms with E-state index in [4.69, 9.17) is 27.7 Å². The van der Waals surface area contributed by atoms with Gasteiger partial charge in [-0.2, -0.15) is 20.4 Å². The van der Waals surface area contributed by atoms with Gasteiger partial charge in [-0.1, -0.05) is 239 Å². The number of aliphatic hydroxyl groups excluding tert-OH is 1.